The minimum Gasteiger partial charge on any atom is -0.491 e. The quantitative estimate of drug-likeness (QED) is 0.680. The number of hydrogen-bond donors (Lipinski definition) is 2. The van der Waals surface area contributed by atoms with Gasteiger partial charge in [-0.15, -0.1) is 0 Å². The van der Waals surface area contributed by atoms with Gasteiger partial charge in [0.1, 0.15) is 24.0 Å². The molecule has 2 atom stereocenters. The van der Waals surface area contributed by atoms with Crippen molar-refractivity contribution in [1.29, 1.82) is 0 Å². The van der Waals surface area contributed by atoms with E-state index in [-0.39, 0.29) is 49.1 Å². The molecule has 4 rings (SSSR count). The molecular formula is C23H25F2N3O5S. The molecule has 2 N–H and O–H groups in total. The van der Waals surface area contributed by atoms with Gasteiger partial charge in [0, 0.05) is 25.0 Å². The molecule has 2 aliphatic heterocycles. The molecule has 11 heteroatoms. The van der Waals surface area contributed by atoms with E-state index in [1.54, 1.807) is 0 Å². The summed E-state index contributed by atoms with van der Waals surface area (Å²) >= 11 is 0. The van der Waals surface area contributed by atoms with Crippen LogP contribution in [-0.2, 0) is 20.6 Å². The van der Waals surface area contributed by atoms with Gasteiger partial charge in [-0.25, -0.2) is 17.2 Å². The molecule has 1 saturated heterocycles. The number of nitrogens with one attached hydrogen (secondary N) is 2. The van der Waals surface area contributed by atoms with Gasteiger partial charge in [0.25, 0.3) is 5.91 Å². The maximum atomic E-state index is 13.8. The van der Waals surface area contributed by atoms with Crippen molar-refractivity contribution in [3.8, 4) is 5.75 Å². The third-order valence-corrected chi connectivity index (χ3v) is 7.86. The normalized spacial score (nSPS) is 22.2. The molecule has 0 unspecified atom stereocenters. The number of benzene rings is 2. The highest BCUT2D eigenvalue weighted by atomic mass is 32.2. The molecule has 2 heterocycles. The third-order valence-electron chi connectivity index (χ3n) is 5.92. The van der Waals surface area contributed by atoms with E-state index >= 15 is 0 Å². The van der Waals surface area contributed by atoms with Crippen LogP contribution in [-0.4, -0.2) is 56.3 Å². The maximum Gasteiger partial charge on any atom is 0.255 e. The van der Waals surface area contributed by atoms with Gasteiger partial charge in [-0.3, -0.25) is 9.59 Å². The number of amides is 2. The van der Waals surface area contributed by atoms with Gasteiger partial charge < -0.3 is 15.4 Å². The Kier molecular flexibility index (Phi) is 7.13. The molecule has 0 aliphatic carbocycles. The summed E-state index contributed by atoms with van der Waals surface area (Å²) < 4.78 is 60.7. The average molecular weight is 494 g/mol. The summed E-state index contributed by atoms with van der Waals surface area (Å²) in [5, 5.41) is 5.39. The van der Waals surface area contributed by atoms with Crippen LogP contribution in [0.25, 0.3) is 0 Å². The number of sulfonamides is 1. The van der Waals surface area contributed by atoms with Crippen molar-refractivity contribution in [2.24, 2.45) is 0 Å². The fraction of sp³-hybridized carbons (Fsp3) is 0.391. The minimum atomic E-state index is -3.90. The first-order valence-electron chi connectivity index (χ1n) is 11.0. The topological polar surface area (TPSA) is 105 Å². The second-order valence-corrected chi connectivity index (χ2v) is 10.2. The predicted octanol–water partition coefficient (Wildman–Crippen LogP) is 1.96. The zero-order chi connectivity index (χ0) is 24.3. The molecule has 34 heavy (non-hydrogen) atoms. The van der Waals surface area contributed by atoms with E-state index < -0.39 is 39.6 Å². The summed E-state index contributed by atoms with van der Waals surface area (Å²) in [5.74, 6) is -2.20. The van der Waals surface area contributed by atoms with E-state index in [0.29, 0.717) is 18.4 Å². The summed E-state index contributed by atoms with van der Waals surface area (Å²) in [5.41, 5.74) is 0.397. The van der Waals surface area contributed by atoms with Crippen molar-refractivity contribution in [2.75, 3.05) is 19.7 Å². The summed E-state index contributed by atoms with van der Waals surface area (Å²) in [4.78, 5) is 25.3. The summed E-state index contributed by atoms with van der Waals surface area (Å²) in [7, 11) is -3.90. The number of hydrogen-bond acceptors (Lipinski definition) is 5. The van der Waals surface area contributed by atoms with Gasteiger partial charge in [0.2, 0.25) is 15.9 Å². The summed E-state index contributed by atoms with van der Waals surface area (Å²) in [6.07, 6.45) is 0.848. The Hall–Kier alpha value is -3.05. The number of ether oxygens (including phenoxy) is 1. The van der Waals surface area contributed by atoms with Crippen molar-refractivity contribution >= 4 is 21.8 Å². The fourth-order valence-electron chi connectivity index (χ4n) is 4.39. The molecule has 2 aromatic rings. The summed E-state index contributed by atoms with van der Waals surface area (Å²) in [6, 6.07) is 7.56. The van der Waals surface area contributed by atoms with E-state index in [2.05, 4.69) is 10.6 Å². The largest absolute Gasteiger partial charge is 0.491 e. The zero-order valence-corrected chi connectivity index (χ0v) is 19.1. The van der Waals surface area contributed by atoms with Crippen molar-refractivity contribution in [3.63, 3.8) is 0 Å². The lowest BCUT2D eigenvalue weighted by Crippen LogP contribution is -2.48. The Balaban J connectivity index is 1.61. The second kappa shape index (κ2) is 10.1. The monoisotopic (exact) mass is 493 g/mol. The van der Waals surface area contributed by atoms with E-state index in [4.69, 9.17) is 4.74 Å². The molecule has 8 nitrogen and oxygen atoms in total. The van der Waals surface area contributed by atoms with Gasteiger partial charge in [0.15, 0.2) is 0 Å². The van der Waals surface area contributed by atoms with Gasteiger partial charge in [-0.2, -0.15) is 4.31 Å². The molecule has 0 spiro atoms. The van der Waals surface area contributed by atoms with Crippen LogP contribution in [0.5, 0.6) is 5.75 Å². The highest BCUT2D eigenvalue weighted by molar-refractivity contribution is 7.88. The molecule has 2 aliphatic rings. The third kappa shape index (κ3) is 5.53. The SMILES string of the molecule is O=C1C[C@@H]2CC[C@H](CNC(=O)c3cc(F)ccc3OCCN1)N2S(=O)(=O)Cc1ccc(F)cc1. The second-order valence-electron chi connectivity index (χ2n) is 8.35. The molecule has 0 saturated carbocycles. The number of carbonyl (C=O) groups is 2. The van der Waals surface area contributed by atoms with E-state index in [1.165, 1.54) is 40.7 Å². The van der Waals surface area contributed by atoms with Crippen molar-refractivity contribution < 1.29 is 31.5 Å². The fourth-order valence-corrected chi connectivity index (χ4v) is 6.42. The van der Waals surface area contributed by atoms with Crippen LogP contribution in [0.15, 0.2) is 42.5 Å². The lowest BCUT2D eigenvalue weighted by atomic mass is 10.1. The first-order chi connectivity index (χ1) is 16.2. The Morgan fingerprint density at radius 2 is 1.68 bits per heavy atom. The van der Waals surface area contributed by atoms with Crippen LogP contribution in [0.2, 0.25) is 0 Å². The van der Waals surface area contributed by atoms with Gasteiger partial charge >= 0.3 is 0 Å². The van der Waals surface area contributed by atoms with E-state index in [0.717, 1.165) is 6.07 Å². The van der Waals surface area contributed by atoms with Crippen LogP contribution >= 0.6 is 0 Å². The number of carbonyl (C=O) groups excluding carboxylic acids is 2. The molecule has 2 aromatic carbocycles. The highest BCUT2D eigenvalue weighted by Crippen LogP contribution is 2.31. The molecule has 182 valence electrons. The van der Waals surface area contributed by atoms with Gasteiger partial charge in [0.05, 0.1) is 17.9 Å². The molecule has 2 amide bonds. The first kappa shape index (κ1) is 24.1. The van der Waals surface area contributed by atoms with Gasteiger partial charge in [-0.1, -0.05) is 12.1 Å². The first-order valence-corrected chi connectivity index (χ1v) is 12.6. The lowest BCUT2D eigenvalue weighted by molar-refractivity contribution is -0.121. The van der Waals surface area contributed by atoms with Crippen molar-refractivity contribution in [2.45, 2.75) is 37.1 Å². The average Bonchev–Trinajstić information content (AvgIpc) is 3.20. The van der Waals surface area contributed by atoms with Crippen LogP contribution in [0, 0.1) is 11.6 Å². The molecule has 2 bridgehead atoms. The minimum absolute atomic E-state index is 0.0151. The van der Waals surface area contributed by atoms with Crippen molar-refractivity contribution in [1.82, 2.24) is 14.9 Å². The molecule has 0 radical (unpaired) electrons. The predicted molar refractivity (Wildman–Crippen MR) is 120 cm³/mol. The van der Waals surface area contributed by atoms with Crippen LogP contribution in [0.3, 0.4) is 0 Å². The Morgan fingerprint density at radius 1 is 0.971 bits per heavy atom. The van der Waals surface area contributed by atoms with Crippen LogP contribution < -0.4 is 15.4 Å². The van der Waals surface area contributed by atoms with E-state index in [9.17, 15) is 26.8 Å². The number of nitrogens with zero attached hydrogens (tertiary/aromatic N) is 1. The van der Waals surface area contributed by atoms with Gasteiger partial charge in [-0.05, 0) is 48.7 Å². The van der Waals surface area contributed by atoms with Crippen molar-refractivity contribution in [3.05, 3.63) is 65.2 Å². The highest BCUT2D eigenvalue weighted by Gasteiger charge is 2.42. The van der Waals surface area contributed by atoms with E-state index in [1.807, 2.05) is 0 Å². The Bertz CT molecular complexity index is 1170. The Labute approximate surface area is 196 Å². The van der Waals surface area contributed by atoms with Crippen LogP contribution in [0.1, 0.15) is 35.2 Å². The number of halogens is 2. The maximum absolute atomic E-state index is 13.8. The Morgan fingerprint density at radius 3 is 2.44 bits per heavy atom. The zero-order valence-electron chi connectivity index (χ0n) is 18.3. The summed E-state index contributed by atoms with van der Waals surface area (Å²) in [6.45, 7) is 0.169. The molecule has 0 aromatic heterocycles. The number of fused-ring (bicyclic) bond motifs is 3. The molecular weight excluding hydrogens is 468 g/mol. The van der Waals surface area contributed by atoms with Crippen LogP contribution in [0.4, 0.5) is 8.78 Å². The smallest absolute Gasteiger partial charge is 0.255 e. The number of rotatable bonds is 3. The standard InChI is InChI=1S/C23H25F2N3O5S/c24-16-3-1-15(2-4-16)14-34(31,32)28-18-6-7-19(28)13-27-23(30)20-11-17(25)5-8-21(20)33-10-9-26-22(29)12-18/h1-5,8,11,18-19H,6-7,9-10,12-14H2,(H,26,29)(H,27,30)/t18-,19+/m0/s1. The molecule has 1 fully saturated rings. The lowest BCUT2D eigenvalue weighted by Gasteiger charge is -2.30.